The van der Waals surface area contributed by atoms with Crippen molar-refractivity contribution < 1.29 is 9.59 Å². The Balaban J connectivity index is 1.55. The summed E-state index contributed by atoms with van der Waals surface area (Å²) in [7, 11) is 0. The van der Waals surface area contributed by atoms with E-state index in [4.69, 9.17) is 0 Å². The number of nitrogens with zero attached hydrogens (tertiary/aromatic N) is 1. The summed E-state index contributed by atoms with van der Waals surface area (Å²) in [6, 6.07) is 24.2. The molecule has 1 aromatic heterocycles. The highest BCUT2D eigenvalue weighted by molar-refractivity contribution is 7.99. The normalized spacial score (nSPS) is 14.6. The van der Waals surface area contributed by atoms with Crippen molar-refractivity contribution in [3.63, 3.8) is 0 Å². The first kappa shape index (κ1) is 22.0. The first-order valence-electron chi connectivity index (χ1n) is 11.0. The van der Waals surface area contributed by atoms with Crippen LogP contribution in [0, 0.1) is 0 Å². The fourth-order valence-corrected chi connectivity index (χ4v) is 5.66. The molecule has 1 aliphatic rings. The van der Waals surface area contributed by atoms with Crippen LogP contribution in [0.5, 0.6) is 0 Å². The van der Waals surface area contributed by atoms with E-state index in [1.165, 1.54) is 23.3 Å². The molecule has 6 nitrogen and oxygen atoms in total. The molecule has 2 N–H and O–H groups in total. The third-order valence-electron chi connectivity index (χ3n) is 5.88. The number of aromatic nitrogens is 1. The lowest BCUT2D eigenvalue weighted by molar-refractivity contribution is -0.118. The van der Waals surface area contributed by atoms with Crippen LogP contribution in [0.15, 0.2) is 88.7 Å². The number of nitrogens with one attached hydrogen (secondary N) is 2. The minimum absolute atomic E-state index is 0.224. The number of amides is 2. The van der Waals surface area contributed by atoms with E-state index in [1.807, 2.05) is 42.5 Å². The first-order valence-corrected chi connectivity index (χ1v) is 12.0. The van der Waals surface area contributed by atoms with Crippen LogP contribution in [0.3, 0.4) is 0 Å². The lowest BCUT2D eigenvalue weighted by atomic mass is 9.98. The van der Waals surface area contributed by atoms with E-state index < -0.39 is 6.04 Å². The molecule has 34 heavy (non-hydrogen) atoms. The van der Waals surface area contributed by atoms with Gasteiger partial charge in [0.25, 0.3) is 5.56 Å². The average Bonchev–Trinajstić information content (AvgIpc) is 3.28. The number of pyridine rings is 1. The molecule has 2 amide bonds. The van der Waals surface area contributed by atoms with Crippen molar-refractivity contribution >= 4 is 45.7 Å². The average molecular weight is 470 g/mol. The van der Waals surface area contributed by atoms with Gasteiger partial charge in [-0.3, -0.25) is 19.0 Å². The predicted octanol–water partition coefficient (Wildman–Crippen LogP) is 4.84. The molecule has 0 spiro atoms. The number of rotatable bonds is 5. The summed E-state index contributed by atoms with van der Waals surface area (Å²) < 4.78 is 1.50. The van der Waals surface area contributed by atoms with E-state index >= 15 is 0 Å². The van der Waals surface area contributed by atoms with E-state index in [1.54, 1.807) is 18.2 Å². The van der Waals surface area contributed by atoms with Gasteiger partial charge < -0.3 is 10.6 Å². The van der Waals surface area contributed by atoms with Gasteiger partial charge in [0.15, 0.2) is 0 Å². The number of benzene rings is 3. The Hall–Kier alpha value is -3.84. The molecule has 5 rings (SSSR count). The third-order valence-corrected chi connectivity index (χ3v) is 7.04. The number of thioether (sulfide) groups is 1. The van der Waals surface area contributed by atoms with E-state index in [-0.39, 0.29) is 17.4 Å². The van der Waals surface area contributed by atoms with Gasteiger partial charge in [0.2, 0.25) is 11.8 Å². The minimum atomic E-state index is -0.660. The van der Waals surface area contributed by atoms with Gasteiger partial charge in [0, 0.05) is 30.9 Å². The van der Waals surface area contributed by atoms with Crippen LogP contribution in [0.4, 0.5) is 11.4 Å². The molecule has 7 heteroatoms. The van der Waals surface area contributed by atoms with E-state index in [2.05, 4.69) is 28.8 Å². The van der Waals surface area contributed by atoms with Crippen LogP contribution in [0.25, 0.3) is 10.8 Å². The summed E-state index contributed by atoms with van der Waals surface area (Å²) in [5.74, 6) is -0.0633. The second kappa shape index (κ2) is 9.19. The molecule has 0 fully saturated rings. The van der Waals surface area contributed by atoms with Crippen molar-refractivity contribution in [2.45, 2.75) is 24.4 Å². The first-order chi connectivity index (χ1) is 16.5. The summed E-state index contributed by atoms with van der Waals surface area (Å²) in [4.78, 5) is 38.3. The molecule has 0 saturated heterocycles. The summed E-state index contributed by atoms with van der Waals surface area (Å²) in [6.45, 7) is 1.45. The zero-order valence-electron chi connectivity index (χ0n) is 18.6. The van der Waals surface area contributed by atoms with E-state index in [9.17, 15) is 14.4 Å². The number of carbonyl (C=O) groups is 2. The van der Waals surface area contributed by atoms with Crippen molar-refractivity contribution in [2.75, 3.05) is 16.4 Å². The Morgan fingerprint density at radius 3 is 2.47 bits per heavy atom. The number of fused-ring (bicyclic) bond motifs is 2. The highest BCUT2D eigenvalue weighted by Crippen LogP contribution is 2.40. The van der Waals surface area contributed by atoms with Crippen molar-refractivity contribution in [1.29, 1.82) is 0 Å². The molecule has 0 radical (unpaired) electrons. The Morgan fingerprint density at radius 1 is 0.941 bits per heavy atom. The fraction of sp³-hybridized carbons (Fsp3) is 0.148. The number of anilines is 2. The highest BCUT2D eigenvalue weighted by Gasteiger charge is 2.33. The monoisotopic (exact) mass is 469 g/mol. The maximum Gasteiger partial charge on any atom is 0.252 e. The maximum absolute atomic E-state index is 13.2. The topological polar surface area (TPSA) is 80.2 Å². The van der Waals surface area contributed by atoms with Gasteiger partial charge in [0.05, 0.1) is 5.69 Å². The van der Waals surface area contributed by atoms with Gasteiger partial charge in [0.1, 0.15) is 11.1 Å². The molecule has 1 atom stereocenters. The van der Waals surface area contributed by atoms with E-state index in [0.717, 1.165) is 21.9 Å². The lowest BCUT2D eigenvalue weighted by Gasteiger charge is -2.18. The summed E-state index contributed by atoms with van der Waals surface area (Å²) in [6.07, 6.45) is 0.488. The van der Waals surface area contributed by atoms with Crippen LogP contribution in [-0.4, -0.2) is 22.1 Å². The SMILES string of the molecule is CC(=O)Nc1c(Cc2cccc3ccccc23)cc(=O)n2c1SC[C@H]2C(=O)Nc1ccccc1. The van der Waals surface area contributed by atoms with Gasteiger partial charge in [-0.05, 0) is 34.0 Å². The molecule has 1 aliphatic heterocycles. The lowest BCUT2D eigenvalue weighted by Crippen LogP contribution is -2.33. The summed E-state index contributed by atoms with van der Waals surface area (Å²) in [5, 5.41) is 8.65. The quantitative estimate of drug-likeness (QED) is 0.439. The predicted molar refractivity (Wildman–Crippen MR) is 137 cm³/mol. The number of hydrogen-bond donors (Lipinski definition) is 2. The zero-order chi connectivity index (χ0) is 23.7. The van der Waals surface area contributed by atoms with Crippen LogP contribution in [0.2, 0.25) is 0 Å². The van der Waals surface area contributed by atoms with Crippen LogP contribution < -0.4 is 16.2 Å². The second-order valence-electron chi connectivity index (χ2n) is 8.24. The minimum Gasteiger partial charge on any atom is -0.324 e. The number of para-hydroxylation sites is 1. The molecule has 0 aliphatic carbocycles. The molecule has 4 aromatic rings. The molecule has 0 bridgehead atoms. The van der Waals surface area contributed by atoms with Gasteiger partial charge in [-0.2, -0.15) is 0 Å². The van der Waals surface area contributed by atoms with Crippen LogP contribution >= 0.6 is 11.8 Å². The largest absolute Gasteiger partial charge is 0.324 e. The second-order valence-corrected chi connectivity index (χ2v) is 9.24. The summed E-state index contributed by atoms with van der Waals surface area (Å²) >= 11 is 1.41. The molecule has 3 aromatic carbocycles. The Morgan fingerprint density at radius 2 is 1.68 bits per heavy atom. The summed E-state index contributed by atoms with van der Waals surface area (Å²) in [5.41, 5.74) is 2.82. The van der Waals surface area contributed by atoms with Gasteiger partial charge >= 0.3 is 0 Å². The maximum atomic E-state index is 13.2. The van der Waals surface area contributed by atoms with Crippen LogP contribution in [0.1, 0.15) is 24.1 Å². The van der Waals surface area contributed by atoms with E-state index in [0.29, 0.717) is 28.6 Å². The molecule has 2 heterocycles. The number of carbonyl (C=O) groups excluding carboxylic acids is 2. The van der Waals surface area contributed by atoms with Gasteiger partial charge in [-0.1, -0.05) is 60.7 Å². The number of hydrogen-bond acceptors (Lipinski definition) is 4. The molecule has 0 unspecified atom stereocenters. The standard InChI is InChI=1S/C27H23N3O3S/c1-17(31)28-25-20(14-19-10-7-9-18-8-5-6-13-22(18)19)15-24(32)30-23(16-34-27(25)30)26(33)29-21-11-3-2-4-12-21/h2-13,15,23H,14,16H2,1H3,(H,28,31)(H,29,33)/t23-/m0/s1. The smallest absolute Gasteiger partial charge is 0.252 e. The van der Waals surface area contributed by atoms with Gasteiger partial charge in [-0.15, -0.1) is 11.8 Å². The van der Waals surface area contributed by atoms with Crippen molar-refractivity contribution in [1.82, 2.24) is 4.57 Å². The molecular formula is C27H23N3O3S. The van der Waals surface area contributed by atoms with Crippen LogP contribution in [-0.2, 0) is 16.0 Å². The molecule has 170 valence electrons. The van der Waals surface area contributed by atoms with Crippen molar-refractivity contribution in [3.8, 4) is 0 Å². The van der Waals surface area contributed by atoms with Gasteiger partial charge in [-0.25, -0.2) is 0 Å². The fourth-order valence-electron chi connectivity index (χ4n) is 4.36. The third kappa shape index (κ3) is 4.22. The van der Waals surface area contributed by atoms with Crippen molar-refractivity contribution in [2.24, 2.45) is 0 Å². The Bertz CT molecular complexity index is 1460. The Kier molecular flexibility index (Phi) is 5.94. The molecular weight excluding hydrogens is 446 g/mol. The Labute approximate surface area is 201 Å². The zero-order valence-corrected chi connectivity index (χ0v) is 19.4. The highest BCUT2D eigenvalue weighted by atomic mass is 32.2. The molecule has 0 saturated carbocycles. The van der Waals surface area contributed by atoms with Crippen molar-refractivity contribution in [3.05, 3.63) is 100 Å².